The summed E-state index contributed by atoms with van der Waals surface area (Å²) in [6.07, 6.45) is 2.78. The quantitative estimate of drug-likeness (QED) is 0.776. The molecule has 0 unspecified atom stereocenters. The fourth-order valence-electron chi connectivity index (χ4n) is 2.59. The highest BCUT2D eigenvalue weighted by atomic mass is 16.4. The van der Waals surface area contributed by atoms with E-state index < -0.39 is 5.97 Å². The first kappa shape index (κ1) is 15.2. The summed E-state index contributed by atoms with van der Waals surface area (Å²) < 4.78 is 0. The van der Waals surface area contributed by atoms with Crippen molar-refractivity contribution in [2.45, 2.75) is 25.7 Å². The van der Waals surface area contributed by atoms with E-state index >= 15 is 0 Å². The molecule has 0 heterocycles. The van der Waals surface area contributed by atoms with E-state index in [0.717, 1.165) is 19.3 Å². The van der Waals surface area contributed by atoms with E-state index in [0.29, 0.717) is 12.2 Å². The van der Waals surface area contributed by atoms with Crippen LogP contribution in [-0.2, 0) is 4.79 Å². The Bertz CT molecular complexity index is 523. The first-order chi connectivity index (χ1) is 9.92. The standard InChI is InChI=1S/C15H20N2O4/c1-17(11-3-5-12(18)6-4-11)14(21)16-10-15(7-2-8-15)9-13(19)20/h3-6,18H,2,7-10H2,1H3,(H,16,21)(H,19,20). The number of rotatable bonds is 5. The molecule has 6 nitrogen and oxygen atoms in total. The van der Waals surface area contributed by atoms with Crippen molar-refractivity contribution in [2.24, 2.45) is 5.41 Å². The maximum Gasteiger partial charge on any atom is 0.321 e. The zero-order chi connectivity index (χ0) is 15.5. The number of carbonyl (C=O) groups excluding carboxylic acids is 1. The third-order valence-electron chi connectivity index (χ3n) is 4.10. The Balaban J connectivity index is 1.91. The van der Waals surface area contributed by atoms with Crippen molar-refractivity contribution >= 4 is 17.7 Å². The second kappa shape index (κ2) is 6.03. The van der Waals surface area contributed by atoms with E-state index in [1.165, 1.54) is 17.0 Å². The molecule has 0 bridgehead atoms. The number of anilines is 1. The van der Waals surface area contributed by atoms with Gasteiger partial charge in [0.1, 0.15) is 5.75 Å². The Labute approximate surface area is 123 Å². The van der Waals surface area contributed by atoms with Gasteiger partial charge in [-0.3, -0.25) is 9.69 Å². The number of aliphatic carboxylic acids is 1. The number of carboxylic acids is 1. The number of nitrogens with zero attached hydrogens (tertiary/aromatic N) is 1. The van der Waals surface area contributed by atoms with Crippen LogP contribution in [0.25, 0.3) is 0 Å². The number of amides is 2. The average molecular weight is 292 g/mol. The number of benzene rings is 1. The Hall–Kier alpha value is -2.24. The molecule has 6 heteroatoms. The molecule has 1 saturated carbocycles. The van der Waals surface area contributed by atoms with Gasteiger partial charge >= 0.3 is 12.0 Å². The van der Waals surface area contributed by atoms with Crippen LogP contribution < -0.4 is 10.2 Å². The molecular weight excluding hydrogens is 272 g/mol. The number of hydrogen-bond donors (Lipinski definition) is 3. The molecule has 3 N–H and O–H groups in total. The topological polar surface area (TPSA) is 89.9 Å². The maximum atomic E-state index is 12.1. The highest BCUT2D eigenvalue weighted by molar-refractivity contribution is 5.91. The summed E-state index contributed by atoms with van der Waals surface area (Å²) in [5, 5.41) is 21.0. The Morgan fingerprint density at radius 2 is 1.90 bits per heavy atom. The summed E-state index contributed by atoms with van der Waals surface area (Å²) in [7, 11) is 1.63. The summed E-state index contributed by atoms with van der Waals surface area (Å²) in [5.41, 5.74) is 0.364. The monoisotopic (exact) mass is 292 g/mol. The number of nitrogens with one attached hydrogen (secondary N) is 1. The maximum absolute atomic E-state index is 12.1. The smallest absolute Gasteiger partial charge is 0.321 e. The summed E-state index contributed by atoms with van der Waals surface area (Å²) in [6.45, 7) is 0.376. The molecule has 1 aromatic carbocycles. The van der Waals surface area contributed by atoms with Crippen molar-refractivity contribution in [2.75, 3.05) is 18.5 Å². The van der Waals surface area contributed by atoms with Gasteiger partial charge in [0.15, 0.2) is 0 Å². The van der Waals surface area contributed by atoms with Crippen molar-refractivity contribution < 1.29 is 19.8 Å². The minimum absolute atomic E-state index is 0.0935. The minimum atomic E-state index is -0.823. The predicted molar refractivity (Wildman–Crippen MR) is 78.4 cm³/mol. The number of carboxylic acid groups (broad SMARTS) is 1. The number of carbonyl (C=O) groups is 2. The van der Waals surface area contributed by atoms with Crippen LogP contribution in [0.4, 0.5) is 10.5 Å². The Kier molecular flexibility index (Phi) is 4.35. The van der Waals surface area contributed by atoms with Crippen LogP contribution in [-0.4, -0.2) is 35.8 Å². The molecule has 0 aliphatic heterocycles. The zero-order valence-electron chi connectivity index (χ0n) is 12.0. The molecule has 0 spiro atoms. The Morgan fingerprint density at radius 3 is 2.38 bits per heavy atom. The van der Waals surface area contributed by atoms with Crippen LogP contribution >= 0.6 is 0 Å². The molecule has 114 valence electrons. The van der Waals surface area contributed by atoms with Crippen LogP contribution in [0.15, 0.2) is 24.3 Å². The number of aromatic hydroxyl groups is 1. The van der Waals surface area contributed by atoms with Crippen LogP contribution in [0.3, 0.4) is 0 Å². The molecule has 1 fully saturated rings. The van der Waals surface area contributed by atoms with E-state index in [-0.39, 0.29) is 23.6 Å². The van der Waals surface area contributed by atoms with Crippen LogP contribution in [0.1, 0.15) is 25.7 Å². The average Bonchev–Trinajstić information content (AvgIpc) is 2.41. The molecule has 0 radical (unpaired) electrons. The molecule has 0 atom stereocenters. The molecule has 2 rings (SSSR count). The van der Waals surface area contributed by atoms with E-state index in [9.17, 15) is 14.7 Å². The van der Waals surface area contributed by atoms with Gasteiger partial charge in [-0.25, -0.2) is 4.79 Å². The third kappa shape index (κ3) is 3.65. The second-order valence-electron chi connectivity index (χ2n) is 5.66. The van der Waals surface area contributed by atoms with Gasteiger partial charge in [-0.1, -0.05) is 6.42 Å². The number of hydrogen-bond acceptors (Lipinski definition) is 3. The van der Waals surface area contributed by atoms with Crippen molar-refractivity contribution in [3.63, 3.8) is 0 Å². The molecule has 0 saturated heterocycles. The van der Waals surface area contributed by atoms with Gasteiger partial charge in [0.25, 0.3) is 0 Å². The van der Waals surface area contributed by atoms with Crippen LogP contribution in [0, 0.1) is 5.41 Å². The van der Waals surface area contributed by atoms with Crippen molar-refractivity contribution in [1.82, 2.24) is 5.32 Å². The third-order valence-corrected chi connectivity index (χ3v) is 4.10. The molecule has 1 aromatic rings. The van der Waals surface area contributed by atoms with Gasteiger partial charge < -0.3 is 15.5 Å². The van der Waals surface area contributed by atoms with Crippen molar-refractivity contribution in [1.29, 1.82) is 0 Å². The lowest BCUT2D eigenvalue weighted by atomic mass is 9.66. The first-order valence-electron chi connectivity index (χ1n) is 6.94. The van der Waals surface area contributed by atoms with E-state index in [1.54, 1.807) is 19.2 Å². The largest absolute Gasteiger partial charge is 0.508 e. The first-order valence-corrected chi connectivity index (χ1v) is 6.94. The fraction of sp³-hybridized carbons (Fsp3) is 0.467. The van der Waals surface area contributed by atoms with Gasteiger partial charge in [-0.05, 0) is 42.5 Å². The van der Waals surface area contributed by atoms with Gasteiger partial charge in [-0.15, -0.1) is 0 Å². The van der Waals surface area contributed by atoms with Crippen LogP contribution in [0.5, 0.6) is 5.75 Å². The van der Waals surface area contributed by atoms with Crippen molar-refractivity contribution in [3.05, 3.63) is 24.3 Å². The van der Waals surface area contributed by atoms with E-state index in [1.807, 2.05) is 0 Å². The lowest BCUT2D eigenvalue weighted by Gasteiger charge is -2.41. The molecule has 1 aliphatic carbocycles. The molecule has 1 aliphatic rings. The number of phenols is 1. The highest BCUT2D eigenvalue weighted by Gasteiger charge is 2.39. The van der Waals surface area contributed by atoms with Crippen molar-refractivity contribution in [3.8, 4) is 5.75 Å². The lowest BCUT2D eigenvalue weighted by Crippen LogP contribution is -2.47. The normalized spacial score (nSPS) is 15.9. The SMILES string of the molecule is CN(C(=O)NCC1(CC(=O)O)CCC1)c1ccc(O)cc1. The van der Waals surface area contributed by atoms with Crippen LogP contribution in [0.2, 0.25) is 0 Å². The van der Waals surface area contributed by atoms with Gasteiger partial charge in [0.05, 0.1) is 6.42 Å². The summed E-state index contributed by atoms with van der Waals surface area (Å²) in [4.78, 5) is 24.4. The molecule has 0 aromatic heterocycles. The molecular formula is C15H20N2O4. The molecule has 2 amide bonds. The van der Waals surface area contributed by atoms with Gasteiger partial charge in [-0.2, -0.15) is 0 Å². The number of phenolic OH excluding ortho intramolecular Hbond substituents is 1. The summed E-state index contributed by atoms with van der Waals surface area (Å²) >= 11 is 0. The van der Waals surface area contributed by atoms with Gasteiger partial charge in [0, 0.05) is 19.3 Å². The summed E-state index contributed by atoms with van der Waals surface area (Å²) in [6, 6.07) is 6.03. The molecule has 21 heavy (non-hydrogen) atoms. The van der Waals surface area contributed by atoms with Gasteiger partial charge in [0.2, 0.25) is 0 Å². The highest BCUT2D eigenvalue weighted by Crippen LogP contribution is 2.43. The second-order valence-corrected chi connectivity index (χ2v) is 5.66. The lowest BCUT2D eigenvalue weighted by molar-refractivity contribution is -0.141. The van der Waals surface area contributed by atoms with E-state index in [2.05, 4.69) is 5.32 Å². The van der Waals surface area contributed by atoms with E-state index in [4.69, 9.17) is 5.11 Å². The minimum Gasteiger partial charge on any atom is -0.508 e. The predicted octanol–water partition coefficient (Wildman–Crippen LogP) is 2.18. The zero-order valence-corrected chi connectivity index (χ0v) is 12.0. The summed E-state index contributed by atoms with van der Waals surface area (Å²) in [5.74, 6) is -0.682. The Morgan fingerprint density at radius 1 is 1.29 bits per heavy atom. The fourth-order valence-corrected chi connectivity index (χ4v) is 2.59. The number of urea groups is 1.